The van der Waals surface area contributed by atoms with Crippen molar-refractivity contribution in [3.8, 4) is 5.75 Å². The van der Waals surface area contributed by atoms with Crippen LogP contribution in [0.4, 0.5) is 0 Å². The molecule has 0 aromatic heterocycles. The van der Waals surface area contributed by atoms with Gasteiger partial charge in [-0.25, -0.2) is 0 Å². The third-order valence-electron chi connectivity index (χ3n) is 3.47. The lowest BCUT2D eigenvalue weighted by atomic mass is 9.84. The van der Waals surface area contributed by atoms with Gasteiger partial charge in [0.25, 0.3) is 0 Å². The van der Waals surface area contributed by atoms with Crippen LogP contribution in [0.3, 0.4) is 0 Å². The van der Waals surface area contributed by atoms with Crippen LogP contribution in [0.5, 0.6) is 5.75 Å². The number of Topliss-reactive ketones (excluding diaryl/α,β-unsaturated/α-hetero) is 1. The van der Waals surface area contributed by atoms with Gasteiger partial charge in [-0.1, -0.05) is 33.8 Å². The van der Waals surface area contributed by atoms with Gasteiger partial charge in [0.1, 0.15) is 5.75 Å². The number of hydrogen-bond acceptors (Lipinski definition) is 2. The minimum atomic E-state index is 0.0370. The van der Waals surface area contributed by atoms with Gasteiger partial charge in [-0.2, -0.15) is 0 Å². The van der Waals surface area contributed by atoms with Crippen molar-refractivity contribution in [2.24, 2.45) is 5.92 Å². The van der Waals surface area contributed by atoms with E-state index >= 15 is 0 Å². The Morgan fingerprint density at radius 1 is 1.29 bits per heavy atom. The summed E-state index contributed by atoms with van der Waals surface area (Å²) in [5.41, 5.74) is 3.24. The molecule has 1 aromatic rings. The maximum absolute atomic E-state index is 12.0. The standard InChI is InChI=1S/C15H20O2/c1-9-6-10-7-12(15(2,3)4)13(17-5)8-11(10)14(9)16/h7-9H,6H2,1-5H3. The van der Waals surface area contributed by atoms with Crippen LogP contribution in [-0.2, 0) is 11.8 Å². The minimum Gasteiger partial charge on any atom is -0.496 e. The fourth-order valence-corrected chi connectivity index (χ4v) is 2.47. The molecule has 0 fully saturated rings. The Balaban J connectivity index is 2.60. The van der Waals surface area contributed by atoms with E-state index in [1.165, 1.54) is 11.1 Å². The second kappa shape index (κ2) is 3.86. The number of ether oxygens (including phenoxy) is 1. The summed E-state index contributed by atoms with van der Waals surface area (Å²) in [6, 6.07) is 4.07. The number of fused-ring (bicyclic) bond motifs is 1. The number of methoxy groups -OCH3 is 1. The summed E-state index contributed by atoms with van der Waals surface area (Å²) in [6.07, 6.45) is 0.862. The van der Waals surface area contributed by atoms with E-state index in [-0.39, 0.29) is 17.1 Å². The Morgan fingerprint density at radius 3 is 2.47 bits per heavy atom. The highest BCUT2D eigenvalue weighted by atomic mass is 16.5. The Labute approximate surface area is 103 Å². The highest BCUT2D eigenvalue weighted by Crippen LogP contribution is 2.37. The van der Waals surface area contributed by atoms with Gasteiger partial charge in [0.15, 0.2) is 5.78 Å². The van der Waals surface area contributed by atoms with Crippen molar-refractivity contribution < 1.29 is 9.53 Å². The van der Waals surface area contributed by atoms with E-state index in [9.17, 15) is 4.79 Å². The molecule has 0 amide bonds. The summed E-state index contributed by atoms with van der Waals surface area (Å²) >= 11 is 0. The topological polar surface area (TPSA) is 26.3 Å². The van der Waals surface area contributed by atoms with Gasteiger partial charge >= 0.3 is 0 Å². The predicted octanol–water partition coefficient (Wildman–Crippen LogP) is 3.37. The molecule has 1 atom stereocenters. The monoisotopic (exact) mass is 232 g/mol. The van der Waals surface area contributed by atoms with E-state index < -0.39 is 0 Å². The van der Waals surface area contributed by atoms with Crippen LogP contribution in [0.15, 0.2) is 12.1 Å². The summed E-state index contributed by atoms with van der Waals surface area (Å²) in [4.78, 5) is 12.0. The van der Waals surface area contributed by atoms with Crippen LogP contribution < -0.4 is 4.74 Å². The van der Waals surface area contributed by atoms with E-state index in [1.54, 1.807) is 7.11 Å². The average molecular weight is 232 g/mol. The van der Waals surface area contributed by atoms with Crippen molar-refractivity contribution >= 4 is 5.78 Å². The van der Waals surface area contributed by atoms with E-state index in [0.717, 1.165) is 17.7 Å². The zero-order chi connectivity index (χ0) is 12.8. The average Bonchev–Trinajstić information content (AvgIpc) is 2.52. The lowest BCUT2D eigenvalue weighted by molar-refractivity contribution is 0.0946. The number of carbonyl (C=O) groups excluding carboxylic acids is 1. The van der Waals surface area contributed by atoms with Crippen molar-refractivity contribution in [3.05, 3.63) is 28.8 Å². The quantitative estimate of drug-likeness (QED) is 0.742. The highest BCUT2D eigenvalue weighted by molar-refractivity contribution is 6.02. The second-order valence-electron chi connectivity index (χ2n) is 5.93. The smallest absolute Gasteiger partial charge is 0.166 e. The zero-order valence-corrected chi connectivity index (χ0v) is 11.3. The fourth-order valence-electron chi connectivity index (χ4n) is 2.47. The van der Waals surface area contributed by atoms with E-state index in [2.05, 4.69) is 26.8 Å². The first-order valence-corrected chi connectivity index (χ1v) is 6.10. The summed E-state index contributed by atoms with van der Waals surface area (Å²) in [6.45, 7) is 8.48. The lowest BCUT2D eigenvalue weighted by Crippen LogP contribution is -2.13. The molecule has 0 bridgehead atoms. The Hall–Kier alpha value is -1.31. The van der Waals surface area contributed by atoms with Crippen molar-refractivity contribution in [3.63, 3.8) is 0 Å². The number of hydrogen-bond donors (Lipinski definition) is 0. The largest absolute Gasteiger partial charge is 0.496 e. The molecule has 1 unspecified atom stereocenters. The third-order valence-corrected chi connectivity index (χ3v) is 3.47. The molecule has 0 radical (unpaired) electrons. The molecule has 2 heteroatoms. The molecule has 0 N–H and O–H groups in total. The number of ketones is 1. The number of carbonyl (C=O) groups is 1. The predicted molar refractivity (Wildman–Crippen MR) is 68.9 cm³/mol. The molecular weight excluding hydrogens is 212 g/mol. The van der Waals surface area contributed by atoms with Crippen LogP contribution in [0.25, 0.3) is 0 Å². The first-order valence-electron chi connectivity index (χ1n) is 6.10. The van der Waals surface area contributed by atoms with Gasteiger partial charge in [0, 0.05) is 11.5 Å². The number of benzene rings is 1. The molecule has 0 aliphatic heterocycles. The normalized spacial score (nSPS) is 19.4. The molecule has 2 rings (SSSR count). The summed E-state index contributed by atoms with van der Waals surface area (Å²) in [7, 11) is 1.67. The fraction of sp³-hybridized carbons (Fsp3) is 0.533. The van der Waals surface area contributed by atoms with E-state index in [0.29, 0.717) is 0 Å². The number of rotatable bonds is 1. The van der Waals surface area contributed by atoms with Gasteiger partial charge in [-0.05, 0) is 29.0 Å². The maximum Gasteiger partial charge on any atom is 0.166 e. The van der Waals surface area contributed by atoms with Crippen molar-refractivity contribution in [2.45, 2.75) is 39.5 Å². The maximum atomic E-state index is 12.0. The molecule has 0 spiro atoms. The molecule has 1 aliphatic rings. The van der Waals surface area contributed by atoms with Gasteiger partial charge in [-0.15, -0.1) is 0 Å². The molecular formula is C15H20O2. The van der Waals surface area contributed by atoms with Crippen LogP contribution in [0.2, 0.25) is 0 Å². The molecule has 2 nitrogen and oxygen atoms in total. The van der Waals surface area contributed by atoms with E-state index in [4.69, 9.17) is 4.74 Å². The van der Waals surface area contributed by atoms with Gasteiger partial charge < -0.3 is 4.74 Å². The summed E-state index contributed by atoms with van der Waals surface area (Å²) in [5, 5.41) is 0. The molecule has 1 aromatic carbocycles. The van der Waals surface area contributed by atoms with Crippen LogP contribution >= 0.6 is 0 Å². The Kier molecular flexibility index (Phi) is 2.76. The second-order valence-corrected chi connectivity index (χ2v) is 5.93. The first kappa shape index (κ1) is 12.2. The zero-order valence-electron chi connectivity index (χ0n) is 11.3. The lowest BCUT2D eigenvalue weighted by Gasteiger charge is -2.23. The molecule has 1 aliphatic carbocycles. The summed E-state index contributed by atoms with van der Waals surface area (Å²) in [5.74, 6) is 1.20. The van der Waals surface area contributed by atoms with E-state index in [1.807, 2.05) is 13.0 Å². The third kappa shape index (κ3) is 1.97. The first-order chi connectivity index (χ1) is 7.84. The molecule has 0 saturated heterocycles. The highest BCUT2D eigenvalue weighted by Gasteiger charge is 2.30. The molecule has 0 saturated carbocycles. The summed E-state index contributed by atoms with van der Waals surface area (Å²) < 4.78 is 5.43. The Bertz CT molecular complexity index is 467. The van der Waals surface area contributed by atoms with Crippen molar-refractivity contribution in [1.82, 2.24) is 0 Å². The van der Waals surface area contributed by atoms with Crippen molar-refractivity contribution in [1.29, 1.82) is 0 Å². The molecule has 92 valence electrons. The van der Waals surface area contributed by atoms with Crippen LogP contribution in [0, 0.1) is 5.92 Å². The van der Waals surface area contributed by atoms with Crippen molar-refractivity contribution in [2.75, 3.05) is 7.11 Å². The Morgan fingerprint density at radius 2 is 1.94 bits per heavy atom. The van der Waals surface area contributed by atoms with Gasteiger partial charge in [0.05, 0.1) is 7.11 Å². The SMILES string of the molecule is COc1cc2c(cc1C(C)(C)C)CC(C)C2=O. The minimum absolute atomic E-state index is 0.0370. The molecule has 0 heterocycles. The van der Waals surface area contributed by atoms with Crippen LogP contribution in [-0.4, -0.2) is 12.9 Å². The molecule has 17 heavy (non-hydrogen) atoms. The van der Waals surface area contributed by atoms with Gasteiger partial charge in [-0.3, -0.25) is 4.79 Å². The van der Waals surface area contributed by atoms with Gasteiger partial charge in [0.2, 0.25) is 0 Å². The van der Waals surface area contributed by atoms with Crippen LogP contribution in [0.1, 0.15) is 49.2 Å².